The molecule has 0 aliphatic rings. The molecule has 0 saturated carbocycles. The monoisotopic (exact) mass is 333 g/mol. The van der Waals surface area contributed by atoms with Crippen LogP contribution in [0.25, 0.3) is 0 Å². The van der Waals surface area contributed by atoms with Crippen molar-refractivity contribution in [2.24, 2.45) is 5.73 Å². The summed E-state index contributed by atoms with van der Waals surface area (Å²) in [6.45, 7) is 0. The molecular weight excluding hydrogens is 329 g/mol. The Balaban J connectivity index is 3.49. The highest BCUT2D eigenvalue weighted by atomic mass is 127. The first kappa shape index (κ1) is 12.2. The quantitative estimate of drug-likeness (QED) is 0.623. The van der Waals surface area contributed by atoms with E-state index in [9.17, 15) is 22.4 Å². The number of halogens is 5. The highest BCUT2D eigenvalue weighted by Crippen LogP contribution is 2.33. The molecule has 0 saturated heterocycles. The molecule has 1 amide bonds. The number of hydrogen-bond donors (Lipinski definition) is 1. The van der Waals surface area contributed by atoms with E-state index in [1.54, 1.807) is 0 Å². The highest BCUT2D eigenvalue weighted by molar-refractivity contribution is 14.1. The molecule has 2 N–H and O–H groups in total. The third-order valence-electron chi connectivity index (χ3n) is 1.63. The van der Waals surface area contributed by atoms with Gasteiger partial charge in [-0.2, -0.15) is 13.2 Å². The van der Waals surface area contributed by atoms with Crippen molar-refractivity contribution < 1.29 is 22.4 Å². The molecule has 0 aliphatic heterocycles. The van der Waals surface area contributed by atoms with Crippen LogP contribution in [0.15, 0.2) is 12.1 Å². The zero-order valence-corrected chi connectivity index (χ0v) is 9.19. The van der Waals surface area contributed by atoms with Gasteiger partial charge in [0.25, 0.3) is 0 Å². The number of benzene rings is 1. The fraction of sp³-hybridized carbons (Fsp3) is 0.125. The Hall–Kier alpha value is -0.860. The Morgan fingerprint density at radius 2 is 1.87 bits per heavy atom. The van der Waals surface area contributed by atoms with Crippen LogP contribution in [0.2, 0.25) is 0 Å². The Morgan fingerprint density at radius 3 is 2.27 bits per heavy atom. The number of primary amides is 1. The van der Waals surface area contributed by atoms with Crippen LogP contribution < -0.4 is 5.73 Å². The smallest absolute Gasteiger partial charge is 0.366 e. The molecule has 1 aromatic rings. The lowest BCUT2D eigenvalue weighted by Crippen LogP contribution is -2.19. The maximum Gasteiger partial charge on any atom is 0.417 e. The molecule has 0 bridgehead atoms. The summed E-state index contributed by atoms with van der Waals surface area (Å²) < 4.78 is 49.8. The average molecular weight is 333 g/mol. The summed E-state index contributed by atoms with van der Waals surface area (Å²) in [4.78, 5) is 10.7. The summed E-state index contributed by atoms with van der Waals surface area (Å²) in [5, 5.41) is 0. The molecule has 0 atom stereocenters. The molecule has 7 heteroatoms. The van der Waals surface area contributed by atoms with Gasteiger partial charge in [-0.3, -0.25) is 4.79 Å². The zero-order chi connectivity index (χ0) is 11.8. The minimum absolute atomic E-state index is 0.0885. The van der Waals surface area contributed by atoms with Gasteiger partial charge in [0.2, 0.25) is 5.91 Å². The third-order valence-corrected chi connectivity index (χ3v) is 2.46. The van der Waals surface area contributed by atoms with Crippen molar-refractivity contribution >= 4 is 28.5 Å². The molecule has 0 aromatic heterocycles. The number of alkyl halides is 3. The molecule has 1 rings (SSSR count). The van der Waals surface area contributed by atoms with Crippen LogP contribution in [0.1, 0.15) is 15.9 Å². The van der Waals surface area contributed by atoms with Gasteiger partial charge in [-0.15, -0.1) is 0 Å². The largest absolute Gasteiger partial charge is 0.417 e. The van der Waals surface area contributed by atoms with Crippen LogP contribution in [0, 0.1) is 9.39 Å². The predicted octanol–water partition coefficient (Wildman–Crippen LogP) is 2.55. The molecule has 0 unspecified atom stereocenters. The molecule has 0 radical (unpaired) electrons. The average Bonchev–Trinajstić information content (AvgIpc) is 2.06. The summed E-state index contributed by atoms with van der Waals surface area (Å²) in [6, 6.07) is 1.04. The number of amides is 1. The second-order valence-electron chi connectivity index (χ2n) is 2.67. The third kappa shape index (κ3) is 2.58. The van der Waals surface area contributed by atoms with E-state index in [4.69, 9.17) is 5.73 Å². The number of hydrogen-bond acceptors (Lipinski definition) is 1. The highest BCUT2D eigenvalue weighted by Gasteiger charge is 2.35. The molecule has 0 spiro atoms. The van der Waals surface area contributed by atoms with Crippen LogP contribution in [-0.2, 0) is 6.18 Å². The summed E-state index contributed by atoms with van der Waals surface area (Å²) in [6.07, 6.45) is -4.80. The van der Waals surface area contributed by atoms with E-state index < -0.39 is 29.0 Å². The Bertz CT molecular complexity index is 416. The van der Waals surface area contributed by atoms with Crippen LogP contribution in [0.5, 0.6) is 0 Å². The van der Waals surface area contributed by atoms with E-state index in [-0.39, 0.29) is 9.64 Å². The van der Waals surface area contributed by atoms with Crippen molar-refractivity contribution in [2.45, 2.75) is 6.18 Å². The molecule has 82 valence electrons. The molecule has 15 heavy (non-hydrogen) atoms. The SMILES string of the molecule is NC(=O)c1cc(I)c(F)cc1C(F)(F)F. The van der Waals surface area contributed by atoms with Crippen molar-refractivity contribution in [3.8, 4) is 0 Å². The van der Waals surface area contributed by atoms with Crippen molar-refractivity contribution in [1.82, 2.24) is 0 Å². The summed E-state index contributed by atoms with van der Waals surface area (Å²) >= 11 is 1.48. The fourth-order valence-electron chi connectivity index (χ4n) is 0.985. The van der Waals surface area contributed by atoms with Crippen molar-refractivity contribution in [3.63, 3.8) is 0 Å². The lowest BCUT2D eigenvalue weighted by atomic mass is 10.1. The number of nitrogens with two attached hydrogens (primary N) is 1. The van der Waals surface area contributed by atoms with Gasteiger partial charge in [-0.25, -0.2) is 4.39 Å². The van der Waals surface area contributed by atoms with E-state index in [1.165, 1.54) is 22.6 Å². The van der Waals surface area contributed by atoms with Gasteiger partial charge in [0.15, 0.2) is 0 Å². The van der Waals surface area contributed by atoms with Gasteiger partial charge in [0, 0.05) is 3.57 Å². The van der Waals surface area contributed by atoms with Gasteiger partial charge >= 0.3 is 6.18 Å². The summed E-state index contributed by atoms with van der Waals surface area (Å²) in [5.74, 6) is -2.27. The fourth-order valence-corrected chi connectivity index (χ4v) is 1.45. The molecule has 2 nitrogen and oxygen atoms in total. The molecular formula is C8H4F4INO. The number of rotatable bonds is 1. The number of carbonyl (C=O) groups is 1. The van der Waals surface area contributed by atoms with E-state index in [2.05, 4.69) is 0 Å². The normalized spacial score (nSPS) is 11.5. The first-order valence-corrected chi connectivity index (χ1v) is 4.67. The Kier molecular flexibility index (Phi) is 3.22. The second kappa shape index (κ2) is 3.95. The maximum absolute atomic E-state index is 12.9. The zero-order valence-electron chi connectivity index (χ0n) is 7.03. The standard InChI is InChI=1S/C8H4F4INO/c9-5-2-4(8(10,11)12)3(7(14)15)1-6(5)13/h1-2H,(H2,14,15). The molecule has 0 aliphatic carbocycles. The van der Waals surface area contributed by atoms with E-state index >= 15 is 0 Å². The Morgan fingerprint density at radius 1 is 1.33 bits per heavy atom. The molecule has 0 fully saturated rings. The summed E-state index contributed by atoms with van der Waals surface area (Å²) in [5.41, 5.74) is 2.68. The van der Waals surface area contributed by atoms with Gasteiger partial charge in [-0.1, -0.05) is 0 Å². The van der Waals surface area contributed by atoms with Crippen molar-refractivity contribution in [1.29, 1.82) is 0 Å². The molecule has 1 aromatic carbocycles. The minimum Gasteiger partial charge on any atom is -0.366 e. The predicted molar refractivity (Wildman–Crippen MR) is 52.6 cm³/mol. The second-order valence-corrected chi connectivity index (χ2v) is 3.84. The first-order valence-electron chi connectivity index (χ1n) is 3.59. The minimum atomic E-state index is -4.80. The lowest BCUT2D eigenvalue weighted by molar-refractivity contribution is -0.138. The van der Waals surface area contributed by atoms with Gasteiger partial charge in [-0.05, 0) is 34.7 Å². The van der Waals surface area contributed by atoms with E-state index in [0.717, 1.165) is 6.07 Å². The van der Waals surface area contributed by atoms with Gasteiger partial charge < -0.3 is 5.73 Å². The van der Waals surface area contributed by atoms with Crippen molar-refractivity contribution in [3.05, 3.63) is 32.6 Å². The Labute approximate surface area is 95.6 Å². The van der Waals surface area contributed by atoms with Gasteiger partial charge in [0.1, 0.15) is 5.82 Å². The maximum atomic E-state index is 12.9. The van der Waals surface area contributed by atoms with E-state index in [1.807, 2.05) is 0 Å². The van der Waals surface area contributed by atoms with Crippen LogP contribution in [-0.4, -0.2) is 5.91 Å². The van der Waals surface area contributed by atoms with Crippen molar-refractivity contribution in [2.75, 3.05) is 0 Å². The van der Waals surface area contributed by atoms with E-state index in [0.29, 0.717) is 0 Å². The summed E-state index contributed by atoms with van der Waals surface area (Å²) in [7, 11) is 0. The van der Waals surface area contributed by atoms with Gasteiger partial charge in [0.05, 0.1) is 11.1 Å². The number of carbonyl (C=O) groups excluding carboxylic acids is 1. The van der Waals surface area contributed by atoms with Crippen LogP contribution in [0.4, 0.5) is 17.6 Å². The topological polar surface area (TPSA) is 43.1 Å². The first-order chi connectivity index (χ1) is 6.73. The van der Waals surface area contributed by atoms with Crippen LogP contribution in [0.3, 0.4) is 0 Å². The lowest BCUT2D eigenvalue weighted by Gasteiger charge is -2.11. The van der Waals surface area contributed by atoms with Crippen LogP contribution >= 0.6 is 22.6 Å². The molecule has 0 heterocycles.